The molecule has 1 rings (SSSR count). The van der Waals surface area contributed by atoms with Gasteiger partial charge in [-0.05, 0) is 30.0 Å². The highest BCUT2D eigenvalue weighted by Gasteiger charge is 2.22. The molecule has 4 N–H and O–H groups in total. The fourth-order valence-corrected chi connectivity index (χ4v) is 2.53. The molecule has 1 aromatic rings. The summed E-state index contributed by atoms with van der Waals surface area (Å²) >= 11 is 0. The molecule has 0 heterocycles. The second-order valence-corrected chi connectivity index (χ2v) is 7.28. The molecule has 0 fully saturated rings. The summed E-state index contributed by atoms with van der Waals surface area (Å²) in [6, 6.07) is 4.58. The molecule has 0 aliphatic heterocycles. The smallest absolute Gasteiger partial charge is 0.328 e. The number of carbonyl (C=O) groups is 2. The van der Waals surface area contributed by atoms with Gasteiger partial charge in [0.25, 0.3) is 0 Å². The van der Waals surface area contributed by atoms with Gasteiger partial charge < -0.3 is 15.4 Å². The van der Waals surface area contributed by atoms with Crippen LogP contribution in [0.2, 0.25) is 0 Å². The number of primary sulfonamides is 1. The average Bonchev–Trinajstić information content (AvgIpc) is 2.50. The normalized spacial score (nSPS) is 12.5. The van der Waals surface area contributed by atoms with Gasteiger partial charge in [0.15, 0.2) is 0 Å². The summed E-state index contributed by atoms with van der Waals surface area (Å²) in [4.78, 5) is 23.6. The van der Waals surface area contributed by atoms with Gasteiger partial charge in [0.05, 0.1) is 12.0 Å². The second-order valence-electron chi connectivity index (χ2n) is 5.72. The minimum Gasteiger partial charge on any atom is -0.467 e. The molecule has 0 radical (unpaired) electrons. The van der Waals surface area contributed by atoms with Gasteiger partial charge in [0, 0.05) is 6.54 Å². The first kappa shape index (κ1) is 19.9. The van der Waals surface area contributed by atoms with Crippen LogP contribution in [0, 0.1) is 5.92 Å². The Morgan fingerprint density at radius 1 is 1.21 bits per heavy atom. The Hall–Kier alpha value is -2.13. The molecule has 0 aliphatic rings. The van der Waals surface area contributed by atoms with Gasteiger partial charge in [-0.25, -0.2) is 23.1 Å². The molecule has 1 aromatic carbocycles. The number of methoxy groups -OCH3 is 1. The number of amides is 2. The molecule has 9 heteroatoms. The molecule has 0 spiro atoms. The van der Waals surface area contributed by atoms with Crippen molar-refractivity contribution in [3.63, 3.8) is 0 Å². The predicted molar refractivity (Wildman–Crippen MR) is 88.4 cm³/mol. The van der Waals surface area contributed by atoms with Gasteiger partial charge in [0.1, 0.15) is 6.04 Å². The monoisotopic (exact) mass is 357 g/mol. The summed E-state index contributed by atoms with van der Waals surface area (Å²) in [5, 5.41) is 10.2. The van der Waals surface area contributed by atoms with Crippen molar-refractivity contribution >= 4 is 22.0 Å². The minimum atomic E-state index is -3.74. The first-order chi connectivity index (χ1) is 11.1. The third-order valence-corrected chi connectivity index (χ3v) is 4.13. The summed E-state index contributed by atoms with van der Waals surface area (Å²) in [6.45, 7) is 4.04. The number of rotatable bonds is 7. The molecule has 1 atom stereocenters. The third-order valence-electron chi connectivity index (χ3n) is 3.20. The number of sulfonamides is 1. The van der Waals surface area contributed by atoms with Crippen molar-refractivity contribution < 1.29 is 22.7 Å². The summed E-state index contributed by atoms with van der Waals surface area (Å²) in [7, 11) is -2.48. The zero-order valence-electron chi connectivity index (χ0n) is 13.9. The van der Waals surface area contributed by atoms with Gasteiger partial charge in [-0.2, -0.15) is 0 Å². The average molecular weight is 357 g/mol. The van der Waals surface area contributed by atoms with Gasteiger partial charge >= 0.3 is 12.0 Å². The molecule has 1 unspecified atom stereocenters. The number of carbonyl (C=O) groups excluding carboxylic acids is 2. The van der Waals surface area contributed by atoms with E-state index in [1.165, 1.54) is 19.2 Å². The molecular weight excluding hydrogens is 334 g/mol. The standard InChI is InChI=1S/C15H23N3O5S/c1-10(2)8-13(14(19)23-3)18-15(20)17-9-11-4-6-12(7-5-11)24(16,21)22/h4-7,10,13H,8-9H2,1-3H3,(H2,16,21,22)(H2,17,18,20). The first-order valence-corrected chi connectivity index (χ1v) is 8.92. The molecular formula is C15H23N3O5S. The van der Waals surface area contributed by atoms with Gasteiger partial charge in [-0.15, -0.1) is 0 Å². The zero-order valence-corrected chi connectivity index (χ0v) is 14.7. The minimum absolute atomic E-state index is 0.00149. The van der Waals surface area contributed by atoms with E-state index in [1.54, 1.807) is 12.1 Å². The number of hydrogen-bond acceptors (Lipinski definition) is 5. The number of nitrogens with one attached hydrogen (secondary N) is 2. The van der Waals surface area contributed by atoms with Crippen LogP contribution in [0.4, 0.5) is 4.79 Å². The Morgan fingerprint density at radius 3 is 2.25 bits per heavy atom. The lowest BCUT2D eigenvalue weighted by Gasteiger charge is -2.18. The van der Waals surface area contributed by atoms with Crippen molar-refractivity contribution in [1.29, 1.82) is 0 Å². The molecule has 0 aromatic heterocycles. The van der Waals surface area contributed by atoms with Crippen LogP contribution in [0.15, 0.2) is 29.2 Å². The number of ether oxygens (including phenoxy) is 1. The Kier molecular flexibility index (Phi) is 7.18. The number of hydrogen-bond donors (Lipinski definition) is 3. The lowest BCUT2D eigenvalue weighted by molar-refractivity contribution is -0.143. The fourth-order valence-electron chi connectivity index (χ4n) is 2.02. The van der Waals surface area contributed by atoms with E-state index in [0.717, 1.165) is 0 Å². The van der Waals surface area contributed by atoms with E-state index in [2.05, 4.69) is 15.4 Å². The molecule has 0 aliphatic carbocycles. The zero-order chi connectivity index (χ0) is 18.3. The topological polar surface area (TPSA) is 128 Å². The van der Waals surface area contributed by atoms with Gasteiger partial charge in [-0.1, -0.05) is 26.0 Å². The van der Waals surface area contributed by atoms with Crippen LogP contribution < -0.4 is 15.8 Å². The number of nitrogens with two attached hydrogens (primary N) is 1. The number of esters is 1. The first-order valence-electron chi connectivity index (χ1n) is 7.37. The van der Waals surface area contributed by atoms with Crippen molar-refractivity contribution in [1.82, 2.24) is 10.6 Å². The Balaban J connectivity index is 2.60. The molecule has 2 amide bonds. The van der Waals surface area contributed by atoms with E-state index in [-0.39, 0.29) is 17.4 Å². The second kappa shape index (κ2) is 8.65. The van der Waals surface area contributed by atoms with Gasteiger partial charge in [-0.3, -0.25) is 0 Å². The Labute approximate surface area is 141 Å². The van der Waals surface area contributed by atoms with E-state index >= 15 is 0 Å². The van der Waals surface area contributed by atoms with Crippen molar-refractivity contribution in [2.24, 2.45) is 11.1 Å². The summed E-state index contributed by atoms with van der Waals surface area (Å²) in [6.07, 6.45) is 0.461. The third kappa shape index (κ3) is 6.55. The molecule has 24 heavy (non-hydrogen) atoms. The van der Waals surface area contributed by atoms with Crippen molar-refractivity contribution in [3.8, 4) is 0 Å². The summed E-state index contributed by atoms with van der Waals surface area (Å²) < 4.78 is 27.0. The van der Waals surface area contributed by atoms with E-state index < -0.39 is 28.1 Å². The lowest BCUT2D eigenvalue weighted by atomic mass is 10.0. The van der Waals surface area contributed by atoms with Gasteiger partial charge in [0.2, 0.25) is 10.0 Å². The van der Waals surface area contributed by atoms with Crippen LogP contribution in [0.1, 0.15) is 25.8 Å². The number of benzene rings is 1. The lowest BCUT2D eigenvalue weighted by Crippen LogP contribution is -2.46. The maximum absolute atomic E-state index is 11.9. The molecule has 0 saturated carbocycles. The van der Waals surface area contributed by atoms with E-state index in [4.69, 9.17) is 5.14 Å². The summed E-state index contributed by atoms with van der Waals surface area (Å²) in [5.74, 6) is -0.295. The largest absolute Gasteiger partial charge is 0.467 e. The maximum atomic E-state index is 11.9. The predicted octanol–water partition coefficient (Wildman–Crippen LogP) is 0.721. The van der Waals surface area contributed by atoms with E-state index in [9.17, 15) is 18.0 Å². The Morgan fingerprint density at radius 2 is 1.79 bits per heavy atom. The Bertz CT molecular complexity index is 671. The quantitative estimate of drug-likeness (QED) is 0.620. The van der Waals surface area contributed by atoms with Crippen molar-refractivity contribution in [2.75, 3.05) is 7.11 Å². The van der Waals surface area contributed by atoms with Crippen LogP contribution in [0.5, 0.6) is 0 Å². The fraction of sp³-hybridized carbons (Fsp3) is 0.467. The van der Waals surface area contributed by atoms with Crippen LogP contribution in [0.25, 0.3) is 0 Å². The van der Waals surface area contributed by atoms with Crippen molar-refractivity contribution in [2.45, 2.75) is 37.8 Å². The van der Waals surface area contributed by atoms with Crippen LogP contribution in [0.3, 0.4) is 0 Å². The van der Waals surface area contributed by atoms with Crippen LogP contribution in [-0.4, -0.2) is 33.6 Å². The highest BCUT2D eigenvalue weighted by atomic mass is 32.2. The highest BCUT2D eigenvalue weighted by Crippen LogP contribution is 2.09. The maximum Gasteiger partial charge on any atom is 0.328 e. The molecule has 8 nitrogen and oxygen atoms in total. The highest BCUT2D eigenvalue weighted by molar-refractivity contribution is 7.89. The van der Waals surface area contributed by atoms with Crippen LogP contribution in [-0.2, 0) is 26.1 Å². The van der Waals surface area contributed by atoms with Crippen molar-refractivity contribution in [3.05, 3.63) is 29.8 Å². The number of urea groups is 1. The summed E-state index contributed by atoms with van der Waals surface area (Å²) in [5.41, 5.74) is 0.691. The molecule has 0 saturated heterocycles. The van der Waals surface area contributed by atoms with E-state index in [1.807, 2.05) is 13.8 Å². The van der Waals surface area contributed by atoms with Crippen LogP contribution >= 0.6 is 0 Å². The SMILES string of the molecule is COC(=O)C(CC(C)C)NC(=O)NCc1ccc(S(N)(=O)=O)cc1. The molecule has 134 valence electrons. The van der Waals surface area contributed by atoms with E-state index in [0.29, 0.717) is 12.0 Å². The molecule has 0 bridgehead atoms.